The number of carbonyl (C=O) groups excluding carboxylic acids is 1. The summed E-state index contributed by atoms with van der Waals surface area (Å²) in [5.74, 6) is 0.149. The van der Waals surface area contributed by atoms with Gasteiger partial charge in [-0.3, -0.25) is 4.84 Å². The second-order valence-corrected chi connectivity index (χ2v) is 5.97. The summed E-state index contributed by atoms with van der Waals surface area (Å²) in [6, 6.07) is 11.1. The Morgan fingerprint density at radius 3 is 2.92 bits per heavy atom. The van der Waals surface area contributed by atoms with E-state index >= 15 is 0 Å². The van der Waals surface area contributed by atoms with E-state index in [0.29, 0.717) is 18.8 Å². The van der Waals surface area contributed by atoms with E-state index in [9.17, 15) is 4.79 Å². The Kier molecular flexibility index (Phi) is 3.67. The molecule has 0 unspecified atom stereocenters. The van der Waals surface area contributed by atoms with Crippen molar-refractivity contribution < 1.29 is 14.2 Å². The summed E-state index contributed by atoms with van der Waals surface area (Å²) >= 11 is 0. The molecule has 1 aromatic heterocycles. The van der Waals surface area contributed by atoms with Gasteiger partial charge in [0.25, 0.3) is 0 Å². The molecule has 2 amide bonds. The van der Waals surface area contributed by atoms with Crippen LogP contribution < -0.4 is 0 Å². The van der Waals surface area contributed by atoms with Gasteiger partial charge in [-0.05, 0) is 18.4 Å². The molecular formula is C17H16N4O3. The molecule has 7 heteroatoms. The van der Waals surface area contributed by atoms with Gasteiger partial charge in [0.15, 0.2) is 0 Å². The first-order valence-corrected chi connectivity index (χ1v) is 7.87. The summed E-state index contributed by atoms with van der Waals surface area (Å²) < 4.78 is 4.95. The largest absolute Gasteiger partial charge is 0.371 e. The lowest BCUT2D eigenvalue weighted by molar-refractivity contribution is -0.140. The van der Waals surface area contributed by atoms with Gasteiger partial charge in [0.2, 0.25) is 0 Å². The van der Waals surface area contributed by atoms with Gasteiger partial charge in [-0.2, -0.15) is 9.91 Å². The van der Waals surface area contributed by atoms with E-state index in [1.807, 2.05) is 30.3 Å². The number of hydroxylamine groups is 2. The molecule has 0 radical (unpaired) electrons. The Labute approximate surface area is 139 Å². The maximum Gasteiger partial charge on any atom is 0.367 e. The Bertz CT molecular complexity index is 783. The summed E-state index contributed by atoms with van der Waals surface area (Å²) in [5, 5.41) is 5.43. The van der Waals surface area contributed by atoms with Crippen LogP contribution in [0.1, 0.15) is 30.1 Å². The van der Waals surface area contributed by atoms with Crippen LogP contribution in [0.5, 0.6) is 0 Å². The molecule has 3 heterocycles. The minimum atomic E-state index is -0.154. The first-order chi connectivity index (χ1) is 11.8. The topological polar surface area (TPSA) is 63.2 Å². The van der Waals surface area contributed by atoms with Gasteiger partial charge in [0.1, 0.15) is 6.61 Å². The molecule has 7 nitrogen and oxygen atoms in total. The second kappa shape index (κ2) is 5.98. The van der Waals surface area contributed by atoms with Crippen molar-refractivity contribution in [3.8, 4) is 0 Å². The first-order valence-electron chi connectivity index (χ1n) is 7.87. The number of hydrogen-bond acceptors (Lipinski definition) is 4. The van der Waals surface area contributed by atoms with Crippen LogP contribution in [0.2, 0.25) is 0 Å². The summed E-state index contributed by atoms with van der Waals surface area (Å²) in [4.78, 5) is 23.4. The molecule has 0 saturated carbocycles. The predicted molar refractivity (Wildman–Crippen MR) is 83.7 cm³/mol. The van der Waals surface area contributed by atoms with Gasteiger partial charge in [-0.1, -0.05) is 35.5 Å². The minimum absolute atomic E-state index is 0.0599. The highest BCUT2D eigenvalue weighted by Gasteiger charge is 2.46. The van der Waals surface area contributed by atoms with E-state index in [1.54, 1.807) is 11.0 Å². The number of aromatic nitrogens is 1. The van der Waals surface area contributed by atoms with Crippen LogP contribution in [-0.4, -0.2) is 33.7 Å². The van der Waals surface area contributed by atoms with Crippen LogP contribution in [0.4, 0.5) is 10.7 Å². The molecule has 4 rings (SSSR count). The Morgan fingerprint density at radius 2 is 2.17 bits per heavy atom. The number of rotatable bonds is 4. The highest BCUT2D eigenvalue weighted by molar-refractivity contribution is 5.77. The average molecular weight is 324 g/mol. The molecule has 2 aliphatic heterocycles. The third-order valence-corrected chi connectivity index (χ3v) is 4.50. The molecule has 24 heavy (non-hydrogen) atoms. The lowest BCUT2D eigenvalue weighted by atomic mass is 9.98. The molecule has 2 fully saturated rings. The fraction of sp³-hybridized carbons (Fsp3) is 0.353. The fourth-order valence-electron chi connectivity index (χ4n) is 3.31. The maximum absolute atomic E-state index is 12.7. The van der Waals surface area contributed by atoms with Crippen molar-refractivity contribution >= 4 is 11.9 Å². The molecule has 2 atom stereocenters. The smallest absolute Gasteiger partial charge is 0.367 e. The van der Waals surface area contributed by atoms with Crippen molar-refractivity contribution in [2.75, 3.05) is 6.54 Å². The van der Waals surface area contributed by atoms with Crippen molar-refractivity contribution in [2.24, 2.45) is 0 Å². The summed E-state index contributed by atoms with van der Waals surface area (Å²) in [5.41, 5.74) is 1.66. The quantitative estimate of drug-likeness (QED) is 0.810. The van der Waals surface area contributed by atoms with Crippen LogP contribution in [0.3, 0.4) is 0 Å². The number of piperidine rings is 1. The molecule has 2 saturated heterocycles. The molecule has 2 aromatic rings. The standard InChI is InChI=1S/C17H16N4O3/c1-18-16-9-14(19-24-16)15-8-7-13-10-20(15)17(22)21(13)23-11-12-5-3-2-4-6-12/h2-6,9,13,15H,7-8,10-11H2/t13-,15+/m1/s1. The maximum atomic E-state index is 12.7. The lowest BCUT2D eigenvalue weighted by Gasteiger charge is -2.28. The number of benzene rings is 1. The zero-order valence-corrected chi connectivity index (χ0v) is 13.0. The van der Waals surface area contributed by atoms with Crippen molar-refractivity contribution in [3.05, 3.63) is 59.1 Å². The summed E-state index contributed by atoms with van der Waals surface area (Å²) in [7, 11) is 0. The lowest BCUT2D eigenvalue weighted by Crippen LogP contribution is -2.34. The molecule has 0 spiro atoms. The third kappa shape index (κ3) is 2.51. The van der Waals surface area contributed by atoms with Gasteiger partial charge in [-0.25, -0.2) is 4.79 Å². The summed E-state index contributed by atoms with van der Waals surface area (Å²) in [6.45, 7) is 7.94. The zero-order chi connectivity index (χ0) is 16.5. The predicted octanol–water partition coefficient (Wildman–Crippen LogP) is 3.30. The molecule has 2 aliphatic rings. The van der Waals surface area contributed by atoms with E-state index in [-0.39, 0.29) is 24.0 Å². The molecule has 1 aromatic carbocycles. The van der Waals surface area contributed by atoms with Crippen LogP contribution in [0, 0.1) is 6.57 Å². The number of amides is 2. The number of carbonyl (C=O) groups is 1. The highest BCUT2D eigenvalue weighted by Crippen LogP contribution is 2.39. The average Bonchev–Trinajstić information content (AvgIpc) is 3.19. The molecular weight excluding hydrogens is 308 g/mol. The van der Waals surface area contributed by atoms with Crippen LogP contribution in [0.25, 0.3) is 4.85 Å². The second-order valence-electron chi connectivity index (χ2n) is 5.97. The van der Waals surface area contributed by atoms with Gasteiger partial charge in [0, 0.05) is 12.6 Å². The van der Waals surface area contributed by atoms with Crippen molar-refractivity contribution in [3.63, 3.8) is 0 Å². The van der Waals surface area contributed by atoms with E-state index in [4.69, 9.17) is 15.9 Å². The SMILES string of the molecule is [C-]#[N+]c1cc([C@@H]2CC[C@@H]3CN2C(=O)N3OCc2ccccc2)no1. The first kappa shape index (κ1) is 14.7. The molecule has 122 valence electrons. The summed E-state index contributed by atoms with van der Waals surface area (Å²) in [6.07, 6.45) is 1.62. The van der Waals surface area contributed by atoms with Gasteiger partial charge < -0.3 is 9.42 Å². The van der Waals surface area contributed by atoms with Gasteiger partial charge in [0.05, 0.1) is 24.3 Å². The Morgan fingerprint density at radius 1 is 1.33 bits per heavy atom. The zero-order valence-electron chi connectivity index (χ0n) is 13.0. The van der Waals surface area contributed by atoms with Crippen LogP contribution in [-0.2, 0) is 11.4 Å². The van der Waals surface area contributed by atoms with Crippen molar-refractivity contribution in [1.29, 1.82) is 0 Å². The Hall–Kier alpha value is -2.85. The fourth-order valence-corrected chi connectivity index (χ4v) is 3.31. The molecule has 0 aliphatic carbocycles. The van der Waals surface area contributed by atoms with Crippen molar-refractivity contribution in [2.45, 2.75) is 31.5 Å². The van der Waals surface area contributed by atoms with Gasteiger partial charge in [-0.15, -0.1) is 0 Å². The van der Waals surface area contributed by atoms with E-state index in [2.05, 4.69) is 10.0 Å². The Balaban J connectivity index is 1.47. The number of nitrogens with zero attached hydrogens (tertiary/aromatic N) is 4. The number of hydrogen-bond donors (Lipinski definition) is 0. The van der Waals surface area contributed by atoms with E-state index in [0.717, 1.165) is 18.4 Å². The monoisotopic (exact) mass is 324 g/mol. The third-order valence-electron chi connectivity index (χ3n) is 4.50. The van der Waals surface area contributed by atoms with E-state index < -0.39 is 0 Å². The highest BCUT2D eigenvalue weighted by atomic mass is 16.7. The molecule has 2 bridgehead atoms. The van der Waals surface area contributed by atoms with Crippen LogP contribution in [0.15, 0.2) is 40.9 Å². The normalized spacial score (nSPS) is 22.7. The minimum Gasteiger partial charge on any atom is -0.371 e. The van der Waals surface area contributed by atoms with Crippen molar-refractivity contribution in [1.82, 2.24) is 15.1 Å². The van der Waals surface area contributed by atoms with E-state index in [1.165, 1.54) is 5.06 Å². The number of fused-ring (bicyclic) bond motifs is 2. The van der Waals surface area contributed by atoms with Gasteiger partial charge >= 0.3 is 11.9 Å². The number of urea groups is 1. The molecule has 0 N–H and O–H groups in total. The van der Waals surface area contributed by atoms with Crippen LogP contribution >= 0.6 is 0 Å².